The molecule has 1 aromatic carbocycles. The molecule has 0 aliphatic heterocycles. The Labute approximate surface area is 101 Å². The van der Waals surface area contributed by atoms with E-state index in [-0.39, 0.29) is 10.5 Å². The molecule has 2 aromatic rings. The van der Waals surface area contributed by atoms with Crippen molar-refractivity contribution >= 4 is 28.4 Å². The van der Waals surface area contributed by atoms with Crippen LogP contribution in [0, 0.1) is 17.0 Å². The summed E-state index contributed by atoms with van der Waals surface area (Å²) in [5.74, 6) is 0. The molecule has 0 N–H and O–H groups in total. The largest absolute Gasteiger partial charge is 0.442 e. The summed E-state index contributed by atoms with van der Waals surface area (Å²) in [6.07, 6.45) is 1.63. The SMILES string of the molecule is CSc1oc2ccc(C)cc2c(=O)c1[N+](=O)[O-]. The second kappa shape index (κ2) is 4.21. The number of rotatable bonds is 2. The Morgan fingerprint density at radius 2 is 2.12 bits per heavy atom. The Morgan fingerprint density at radius 1 is 1.41 bits per heavy atom. The molecular formula is C11H9NO4S. The first-order chi connectivity index (χ1) is 8.04. The van der Waals surface area contributed by atoms with Gasteiger partial charge in [0.25, 0.3) is 5.43 Å². The molecular weight excluding hydrogens is 242 g/mol. The second-order valence-corrected chi connectivity index (χ2v) is 4.31. The van der Waals surface area contributed by atoms with Crippen molar-refractivity contribution in [3.63, 3.8) is 0 Å². The lowest BCUT2D eigenvalue weighted by atomic mass is 10.1. The van der Waals surface area contributed by atoms with Gasteiger partial charge in [-0.15, -0.1) is 0 Å². The highest BCUT2D eigenvalue weighted by Gasteiger charge is 2.23. The molecule has 0 aliphatic carbocycles. The number of aryl methyl sites for hydroxylation is 1. The van der Waals surface area contributed by atoms with Gasteiger partial charge in [0.2, 0.25) is 5.09 Å². The predicted octanol–water partition coefficient (Wildman–Crippen LogP) is 2.73. The van der Waals surface area contributed by atoms with Gasteiger partial charge in [0.05, 0.1) is 10.3 Å². The fraction of sp³-hybridized carbons (Fsp3) is 0.182. The van der Waals surface area contributed by atoms with Crippen LogP contribution >= 0.6 is 11.8 Å². The van der Waals surface area contributed by atoms with Gasteiger partial charge in [0, 0.05) is 0 Å². The highest BCUT2D eigenvalue weighted by molar-refractivity contribution is 7.98. The van der Waals surface area contributed by atoms with E-state index in [9.17, 15) is 14.9 Å². The Hall–Kier alpha value is -1.82. The minimum absolute atomic E-state index is 0.0383. The number of benzene rings is 1. The number of hydrogen-bond acceptors (Lipinski definition) is 5. The molecule has 0 saturated heterocycles. The molecule has 2 rings (SSSR count). The van der Waals surface area contributed by atoms with Gasteiger partial charge in [-0.1, -0.05) is 23.4 Å². The predicted molar refractivity (Wildman–Crippen MR) is 65.7 cm³/mol. The summed E-state index contributed by atoms with van der Waals surface area (Å²) in [5, 5.41) is 11.1. The smallest absolute Gasteiger partial charge is 0.365 e. The summed E-state index contributed by atoms with van der Waals surface area (Å²) in [4.78, 5) is 22.2. The van der Waals surface area contributed by atoms with Crippen LogP contribution in [0.1, 0.15) is 5.56 Å². The van der Waals surface area contributed by atoms with E-state index in [1.165, 1.54) is 0 Å². The summed E-state index contributed by atoms with van der Waals surface area (Å²) in [7, 11) is 0. The lowest BCUT2D eigenvalue weighted by Crippen LogP contribution is -2.09. The van der Waals surface area contributed by atoms with Crippen LogP contribution in [0.4, 0.5) is 5.69 Å². The monoisotopic (exact) mass is 251 g/mol. The Kier molecular flexibility index (Phi) is 2.89. The first kappa shape index (κ1) is 11.7. The van der Waals surface area contributed by atoms with Crippen LogP contribution in [-0.2, 0) is 0 Å². The third-order valence-corrected chi connectivity index (χ3v) is 3.01. The van der Waals surface area contributed by atoms with E-state index < -0.39 is 16.0 Å². The van der Waals surface area contributed by atoms with Crippen LogP contribution in [-0.4, -0.2) is 11.2 Å². The summed E-state index contributed by atoms with van der Waals surface area (Å²) >= 11 is 1.05. The zero-order chi connectivity index (χ0) is 12.6. The molecule has 17 heavy (non-hydrogen) atoms. The maximum absolute atomic E-state index is 12.0. The second-order valence-electron chi connectivity index (χ2n) is 3.53. The van der Waals surface area contributed by atoms with Gasteiger partial charge in [-0.3, -0.25) is 14.9 Å². The minimum atomic E-state index is -0.695. The van der Waals surface area contributed by atoms with Crippen LogP contribution in [0.25, 0.3) is 11.0 Å². The average Bonchev–Trinajstić information content (AvgIpc) is 2.29. The third-order valence-electron chi connectivity index (χ3n) is 2.36. The van der Waals surface area contributed by atoms with Gasteiger partial charge >= 0.3 is 5.69 Å². The van der Waals surface area contributed by atoms with E-state index >= 15 is 0 Å². The number of nitro groups is 1. The molecule has 0 atom stereocenters. The maximum Gasteiger partial charge on any atom is 0.365 e. The topological polar surface area (TPSA) is 73.3 Å². The lowest BCUT2D eigenvalue weighted by molar-refractivity contribution is -0.390. The van der Waals surface area contributed by atoms with E-state index in [1.54, 1.807) is 24.5 Å². The summed E-state index contributed by atoms with van der Waals surface area (Å²) in [6, 6.07) is 5.04. The molecule has 1 aromatic heterocycles. The van der Waals surface area contributed by atoms with Crippen LogP contribution < -0.4 is 5.43 Å². The standard InChI is InChI=1S/C11H9NO4S/c1-6-3-4-8-7(5-6)10(13)9(12(14)15)11(16-8)17-2/h3-5H,1-2H3. The summed E-state index contributed by atoms with van der Waals surface area (Å²) < 4.78 is 5.36. The van der Waals surface area contributed by atoms with Crippen molar-refractivity contribution in [2.45, 2.75) is 12.0 Å². The Morgan fingerprint density at radius 3 is 2.71 bits per heavy atom. The lowest BCUT2D eigenvalue weighted by Gasteiger charge is -2.02. The molecule has 0 amide bonds. The van der Waals surface area contributed by atoms with E-state index in [0.29, 0.717) is 5.58 Å². The molecule has 0 spiro atoms. The third kappa shape index (κ3) is 1.91. The van der Waals surface area contributed by atoms with E-state index in [0.717, 1.165) is 17.3 Å². The highest BCUT2D eigenvalue weighted by Crippen LogP contribution is 2.28. The number of fused-ring (bicyclic) bond motifs is 1. The van der Waals surface area contributed by atoms with Crippen LogP contribution in [0.2, 0.25) is 0 Å². The molecule has 1 heterocycles. The van der Waals surface area contributed by atoms with Crippen LogP contribution in [0.15, 0.2) is 32.5 Å². The van der Waals surface area contributed by atoms with Gasteiger partial charge in [-0.2, -0.15) is 0 Å². The van der Waals surface area contributed by atoms with Crippen LogP contribution in [0.3, 0.4) is 0 Å². The average molecular weight is 251 g/mol. The summed E-state index contributed by atoms with van der Waals surface area (Å²) in [6.45, 7) is 1.81. The van der Waals surface area contributed by atoms with E-state index in [1.807, 2.05) is 6.92 Å². The van der Waals surface area contributed by atoms with Crippen molar-refractivity contribution in [2.24, 2.45) is 0 Å². The molecule has 0 fully saturated rings. The Balaban J connectivity index is 2.94. The summed E-state index contributed by atoms with van der Waals surface area (Å²) in [5.41, 5.74) is 0.145. The van der Waals surface area contributed by atoms with E-state index in [4.69, 9.17) is 4.42 Å². The van der Waals surface area contributed by atoms with Crippen molar-refractivity contribution in [3.8, 4) is 0 Å². The van der Waals surface area contributed by atoms with E-state index in [2.05, 4.69) is 0 Å². The number of nitrogens with zero attached hydrogens (tertiary/aromatic N) is 1. The van der Waals surface area contributed by atoms with Crippen LogP contribution in [0.5, 0.6) is 0 Å². The van der Waals surface area contributed by atoms with Gasteiger partial charge < -0.3 is 4.42 Å². The molecule has 0 bridgehead atoms. The molecule has 5 nitrogen and oxygen atoms in total. The fourth-order valence-electron chi connectivity index (χ4n) is 1.57. The molecule has 0 radical (unpaired) electrons. The van der Waals surface area contributed by atoms with Crippen molar-refractivity contribution in [3.05, 3.63) is 44.1 Å². The number of hydrogen-bond donors (Lipinski definition) is 0. The normalized spacial score (nSPS) is 10.7. The number of thioether (sulfide) groups is 1. The first-order valence-electron chi connectivity index (χ1n) is 4.80. The van der Waals surface area contributed by atoms with Gasteiger partial charge in [0.15, 0.2) is 0 Å². The van der Waals surface area contributed by atoms with Crippen molar-refractivity contribution in [2.75, 3.05) is 6.26 Å². The van der Waals surface area contributed by atoms with Crippen molar-refractivity contribution in [1.29, 1.82) is 0 Å². The molecule has 0 saturated carbocycles. The zero-order valence-electron chi connectivity index (χ0n) is 9.22. The van der Waals surface area contributed by atoms with Crippen molar-refractivity contribution in [1.82, 2.24) is 0 Å². The molecule has 6 heteroatoms. The zero-order valence-corrected chi connectivity index (χ0v) is 10.0. The first-order valence-corrected chi connectivity index (χ1v) is 6.03. The molecule has 88 valence electrons. The van der Waals surface area contributed by atoms with Gasteiger partial charge in [-0.05, 0) is 25.3 Å². The fourth-order valence-corrected chi connectivity index (χ4v) is 2.11. The quantitative estimate of drug-likeness (QED) is 0.466. The van der Waals surface area contributed by atoms with Gasteiger partial charge in [-0.25, -0.2) is 0 Å². The maximum atomic E-state index is 12.0. The van der Waals surface area contributed by atoms with Crippen molar-refractivity contribution < 1.29 is 9.34 Å². The highest BCUT2D eigenvalue weighted by atomic mass is 32.2. The minimum Gasteiger partial charge on any atom is -0.442 e. The molecule has 0 unspecified atom stereocenters. The Bertz CT molecular complexity index is 662. The van der Waals surface area contributed by atoms with Gasteiger partial charge in [0.1, 0.15) is 5.58 Å². The molecule has 0 aliphatic rings.